The lowest BCUT2D eigenvalue weighted by Gasteiger charge is -2.31. The van der Waals surface area contributed by atoms with Crippen LogP contribution in [0.25, 0.3) is 22.8 Å². The summed E-state index contributed by atoms with van der Waals surface area (Å²) in [5.41, 5.74) is 3.53. The summed E-state index contributed by atoms with van der Waals surface area (Å²) < 4.78 is 44.8. The van der Waals surface area contributed by atoms with E-state index in [1.165, 1.54) is 0 Å². The molecule has 0 amide bonds. The molecule has 4 aromatic rings. The highest BCUT2D eigenvalue weighted by Crippen LogP contribution is 2.22. The molecule has 14 heteroatoms. The van der Waals surface area contributed by atoms with Gasteiger partial charge in [-0.2, -0.15) is 0 Å². The smallest absolute Gasteiger partial charge is 0.330 e. The molecular weight excluding hydrogens is 672 g/mol. The number of esters is 2. The predicted octanol–water partition coefficient (Wildman–Crippen LogP) is 5.03. The number of carbonyl (C=O) groups excluding carboxylic acids is 2. The molecule has 52 heavy (non-hydrogen) atoms. The van der Waals surface area contributed by atoms with E-state index in [1.54, 1.807) is 24.8 Å². The third-order valence-corrected chi connectivity index (χ3v) is 7.32. The molecule has 0 N–H and O–H groups in total. The molecule has 1 saturated heterocycles. The summed E-state index contributed by atoms with van der Waals surface area (Å²) >= 11 is 0. The third kappa shape index (κ3) is 12.1. The van der Waals surface area contributed by atoms with Crippen molar-refractivity contribution in [2.45, 2.75) is 38.6 Å². The molecule has 14 nitrogen and oxygen atoms in total. The highest BCUT2D eigenvalue weighted by atomic mass is 16.8. The Hall–Kier alpha value is -5.54. The van der Waals surface area contributed by atoms with Crippen LogP contribution in [0.3, 0.4) is 0 Å². The van der Waals surface area contributed by atoms with E-state index < -0.39 is 24.5 Å². The molecule has 5 rings (SSSR count). The van der Waals surface area contributed by atoms with Crippen LogP contribution in [0, 0.1) is 0 Å². The van der Waals surface area contributed by atoms with Crippen molar-refractivity contribution in [3.05, 3.63) is 110 Å². The second kappa shape index (κ2) is 20.3. The first-order valence-corrected chi connectivity index (χ1v) is 16.6. The Morgan fingerprint density at radius 1 is 0.615 bits per heavy atom. The minimum atomic E-state index is -0.700. The second-order valence-electron chi connectivity index (χ2n) is 11.1. The molecule has 3 heterocycles. The molecule has 0 spiro atoms. The summed E-state index contributed by atoms with van der Waals surface area (Å²) in [6, 6.07) is 15.4. The van der Waals surface area contributed by atoms with Crippen LogP contribution in [0.5, 0.6) is 11.5 Å². The normalized spacial score (nSPS) is 15.3. The maximum atomic E-state index is 11.1. The molecule has 1 fully saturated rings. The van der Waals surface area contributed by atoms with Crippen molar-refractivity contribution < 1.29 is 47.5 Å². The topological polar surface area (TPSA) is 160 Å². The zero-order chi connectivity index (χ0) is 36.4. The summed E-state index contributed by atoms with van der Waals surface area (Å²) in [6.45, 7) is 9.30. The van der Waals surface area contributed by atoms with E-state index in [2.05, 4.69) is 33.1 Å². The number of carbonyl (C=O) groups is 2. The van der Waals surface area contributed by atoms with Crippen molar-refractivity contribution >= 4 is 11.9 Å². The molecule has 272 valence electrons. The number of hydrogen-bond donors (Lipinski definition) is 0. The van der Waals surface area contributed by atoms with E-state index in [1.807, 2.05) is 48.5 Å². The van der Waals surface area contributed by atoms with Crippen LogP contribution in [-0.4, -0.2) is 84.1 Å². The fourth-order valence-electron chi connectivity index (χ4n) is 4.64. The highest BCUT2D eigenvalue weighted by molar-refractivity contribution is 5.81. The van der Waals surface area contributed by atoms with Gasteiger partial charge in [0, 0.05) is 36.1 Å². The number of hydrogen-bond acceptors (Lipinski definition) is 14. The lowest BCUT2D eigenvalue weighted by atomic mass is 10.1. The predicted molar refractivity (Wildman–Crippen MR) is 187 cm³/mol. The Balaban J connectivity index is 1.03. The lowest BCUT2D eigenvalue weighted by Crippen LogP contribution is -2.41. The van der Waals surface area contributed by atoms with Gasteiger partial charge in [-0.15, -0.1) is 0 Å². The van der Waals surface area contributed by atoms with Crippen molar-refractivity contribution in [1.82, 2.24) is 19.9 Å². The first-order valence-electron chi connectivity index (χ1n) is 16.6. The van der Waals surface area contributed by atoms with Crippen molar-refractivity contribution in [1.29, 1.82) is 0 Å². The van der Waals surface area contributed by atoms with Gasteiger partial charge in [-0.1, -0.05) is 61.7 Å². The van der Waals surface area contributed by atoms with Crippen molar-refractivity contribution in [2.75, 3.05) is 39.6 Å². The summed E-state index contributed by atoms with van der Waals surface area (Å²) in [4.78, 5) is 39.7. The number of benzene rings is 2. The Morgan fingerprint density at radius 2 is 1.00 bits per heavy atom. The monoisotopic (exact) mass is 712 g/mol. The van der Waals surface area contributed by atoms with Gasteiger partial charge in [0.15, 0.2) is 23.1 Å². The van der Waals surface area contributed by atoms with Crippen LogP contribution in [0.15, 0.2) is 98.6 Å². The summed E-state index contributed by atoms with van der Waals surface area (Å²) in [6.07, 6.45) is 8.34. The van der Waals surface area contributed by atoms with E-state index in [0.29, 0.717) is 62.4 Å². The molecule has 2 aromatic carbocycles. The summed E-state index contributed by atoms with van der Waals surface area (Å²) in [5, 5.41) is 0. The Morgan fingerprint density at radius 3 is 1.37 bits per heavy atom. The largest absolute Gasteiger partial charge is 0.490 e. The van der Waals surface area contributed by atoms with Gasteiger partial charge in [-0.25, -0.2) is 29.5 Å². The third-order valence-electron chi connectivity index (χ3n) is 7.32. The first kappa shape index (κ1) is 37.7. The Labute approximate surface area is 301 Å². The van der Waals surface area contributed by atoms with Gasteiger partial charge >= 0.3 is 11.9 Å². The van der Waals surface area contributed by atoms with E-state index in [9.17, 15) is 9.59 Å². The van der Waals surface area contributed by atoms with Gasteiger partial charge in [0.2, 0.25) is 12.6 Å². The minimum absolute atomic E-state index is 0.247. The highest BCUT2D eigenvalue weighted by Gasteiger charge is 2.28. The molecule has 0 aliphatic carbocycles. The summed E-state index contributed by atoms with van der Waals surface area (Å²) in [5.74, 6) is 1.24. The van der Waals surface area contributed by atoms with Gasteiger partial charge in [0.05, 0.1) is 77.6 Å². The average molecular weight is 713 g/mol. The van der Waals surface area contributed by atoms with Gasteiger partial charge in [-0.3, -0.25) is 0 Å². The quantitative estimate of drug-likeness (QED) is 0.0682. The van der Waals surface area contributed by atoms with Crippen LogP contribution < -0.4 is 9.47 Å². The lowest BCUT2D eigenvalue weighted by molar-refractivity contribution is -0.326. The van der Waals surface area contributed by atoms with Crippen LogP contribution in [0.2, 0.25) is 0 Å². The summed E-state index contributed by atoms with van der Waals surface area (Å²) in [7, 11) is 0. The molecule has 0 radical (unpaired) electrons. The number of aromatic nitrogens is 4. The average Bonchev–Trinajstić information content (AvgIpc) is 3.20. The second-order valence-corrected chi connectivity index (χ2v) is 11.1. The molecule has 0 bridgehead atoms. The molecule has 2 aromatic heterocycles. The van der Waals surface area contributed by atoms with Gasteiger partial charge < -0.3 is 37.9 Å². The number of ether oxygens (including phenoxy) is 8. The standard InChI is InChI=1S/C38H40N4O10/c1-3-33(43)47-17-5-15-45-31-21-39-35(40-22-31)29-11-7-27(8-12-29)25-51-37-38(50-20-19-49-37)52-26-28-9-13-30(14-10-28)36-41-23-32(24-42-36)46-16-6-18-48-34(44)4-2/h3-4,7-14,21-24,37-38H,1-2,5-6,15-20,25-26H2/t37-,38-/m1/s1. The number of nitrogens with zero attached hydrogens (tertiary/aromatic N) is 4. The zero-order valence-corrected chi connectivity index (χ0v) is 28.6. The fourth-order valence-corrected chi connectivity index (χ4v) is 4.64. The Kier molecular flexibility index (Phi) is 14.8. The van der Waals surface area contributed by atoms with E-state index in [4.69, 9.17) is 37.9 Å². The maximum absolute atomic E-state index is 11.1. The van der Waals surface area contributed by atoms with Gasteiger partial charge in [0.25, 0.3) is 0 Å². The van der Waals surface area contributed by atoms with Crippen molar-refractivity contribution in [3.8, 4) is 34.3 Å². The van der Waals surface area contributed by atoms with E-state index in [-0.39, 0.29) is 26.4 Å². The van der Waals surface area contributed by atoms with Crippen LogP contribution in [0.1, 0.15) is 24.0 Å². The van der Waals surface area contributed by atoms with Crippen LogP contribution >= 0.6 is 0 Å². The zero-order valence-electron chi connectivity index (χ0n) is 28.6. The molecule has 0 saturated carbocycles. The van der Waals surface area contributed by atoms with Gasteiger partial charge in [-0.05, 0) is 11.1 Å². The maximum Gasteiger partial charge on any atom is 0.330 e. The SMILES string of the molecule is C=CC(=O)OCCCOc1cnc(-c2ccc(CO[C@H]3OCCO[C@@H]3OCc3ccc(-c4ncc(OCCCOC(=O)C=C)cn4)cc3)cc2)nc1. The fraction of sp³-hybridized carbons (Fsp3) is 0.316. The van der Waals surface area contributed by atoms with Crippen molar-refractivity contribution in [3.63, 3.8) is 0 Å². The van der Waals surface area contributed by atoms with Crippen LogP contribution in [0.4, 0.5) is 0 Å². The van der Waals surface area contributed by atoms with Crippen LogP contribution in [-0.2, 0) is 51.2 Å². The van der Waals surface area contributed by atoms with E-state index in [0.717, 1.165) is 34.4 Å². The Bertz CT molecular complexity index is 1590. The minimum Gasteiger partial charge on any atom is -0.490 e. The molecule has 0 unspecified atom stereocenters. The first-order chi connectivity index (χ1) is 25.5. The molecule has 2 atom stereocenters. The molecular formula is C38H40N4O10. The molecule has 1 aliphatic rings. The van der Waals surface area contributed by atoms with E-state index >= 15 is 0 Å². The number of rotatable bonds is 20. The van der Waals surface area contributed by atoms with Crippen molar-refractivity contribution in [2.24, 2.45) is 0 Å². The molecule has 1 aliphatic heterocycles. The van der Waals surface area contributed by atoms with Gasteiger partial charge in [0.1, 0.15) is 0 Å².